The lowest BCUT2D eigenvalue weighted by Gasteiger charge is -2.02. The summed E-state index contributed by atoms with van der Waals surface area (Å²) < 4.78 is 3.08. The van der Waals surface area contributed by atoms with Gasteiger partial charge in [0.05, 0.1) is 10.7 Å². The summed E-state index contributed by atoms with van der Waals surface area (Å²) in [5, 5.41) is 5.39. The van der Waals surface area contributed by atoms with Crippen LogP contribution in [0.2, 0.25) is 0 Å². The van der Waals surface area contributed by atoms with Crippen LogP contribution in [0.25, 0.3) is 0 Å². The first-order valence-corrected chi connectivity index (χ1v) is 7.98. The van der Waals surface area contributed by atoms with Gasteiger partial charge in [0.1, 0.15) is 0 Å². The topological polar surface area (TPSA) is 17.8 Å². The molecule has 0 saturated heterocycles. The summed E-state index contributed by atoms with van der Waals surface area (Å²) in [7, 11) is 0. The van der Waals surface area contributed by atoms with E-state index in [1.54, 1.807) is 0 Å². The van der Waals surface area contributed by atoms with Gasteiger partial charge in [-0.05, 0) is 28.8 Å². The maximum atomic E-state index is 4.24. The van der Waals surface area contributed by atoms with E-state index in [1.165, 1.54) is 44.9 Å². The Balaban J connectivity index is 1.88. The zero-order valence-corrected chi connectivity index (χ0v) is 12.8. The molecule has 0 amide bonds. The third-order valence-corrected chi connectivity index (χ3v) is 3.59. The first-order chi connectivity index (χ1) is 7.83. The molecule has 0 saturated carbocycles. The van der Waals surface area contributed by atoms with E-state index >= 15 is 0 Å². The van der Waals surface area contributed by atoms with Gasteiger partial charge < -0.3 is 0 Å². The number of aryl methyl sites for hydroxylation is 1. The molecule has 0 atom stereocenters. The summed E-state index contributed by atoms with van der Waals surface area (Å²) in [6, 6.07) is 0. The van der Waals surface area contributed by atoms with E-state index in [2.05, 4.69) is 37.0 Å². The monoisotopic (exact) mass is 350 g/mol. The molecular weight excluding hydrogens is 332 g/mol. The molecule has 4 heteroatoms. The lowest BCUT2D eigenvalue weighted by Crippen LogP contribution is -1.97. The van der Waals surface area contributed by atoms with Crippen LogP contribution in [0.15, 0.2) is 16.9 Å². The van der Waals surface area contributed by atoms with Crippen LogP contribution in [-0.2, 0) is 6.54 Å². The van der Waals surface area contributed by atoms with E-state index in [0.29, 0.717) is 0 Å². The first kappa shape index (κ1) is 14.2. The fourth-order valence-electron chi connectivity index (χ4n) is 1.71. The molecule has 2 nitrogen and oxygen atoms in total. The molecule has 0 fully saturated rings. The molecule has 1 aromatic heterocycles. The highest BCUT2D eigenvalue weighted by Crippen LogP contribution is 2.10. The second-order valence-electron chi connectivity index (χ2n) is 4.09. The Morgan fingerprint density at radius 1 is 1.00 bits per heavy atom. The van der Waals surface area contributed by atoms with Crippen molar-refractivity contribution in [2.45, 2.75) is 51.5 Å². The molecule has 16 heavy (non-hydrogen) atoms. The van der Waals surface area contributed by atoms with Crippen molar-refractivity contribution in [1.82, 2.24) is 9.78 Å². The van der Waals surface area contributed by atoms with Gasteiger partial charge in [0, 0.05) is 18.1 Å². The number of hydrogen-bond donors (Lipinski definition) is 0. The van der Waals surface area contributed by atoms with Crippen LogP contribution in [0.4, 0.5) is 0 Å². The van der Waals surface area contributed by atoms with Crippen molar-refractivity contribution in [3.8, 4) is 0 Å². The SMILES string of the molecule is BrCCCCCCCCCn1cc(Br)cn1. The zero-order chi connectivity index (χ0) is 11.6. The van der Waals surface area contributed by atoms with Crippen LogP contribution < -0.4 is 0 Å². The van der Waals surface area contributed by atoms with Crippen LogP contribution in [0.3, 0.4) is 0 Å². The third-order valence-electron chi connectivity index (χ3n) is 2.62. The van der Waals surface area contributed by atoms with Gasteiger partial charge >= 0.3 is 0 Å². The lowest BCUT2D eigenvalue weighted by molar-refractivity contribution is 0.523. The fraction of sp³-hybridized carbons (Fsp3) is 0.750. The number of alkyl halides is 1. The molecule has 0 radical (unpaired) electrons. The molecular formula is C12H20Br2N2. The molecule has 1 heterocycles. The van der Waals surface area contributed by atoms with Crippen molar-refractivity contribution < 1.29 is 0 Å². The molecule has 0 aliphatic rings. The predicted octanol–water partition coefficient (Wildman–Crippen LogP) is 4.77. The largest absolute Gasteiger partial charge is 0.272 e. The average molecular weight is 352 g/mol. The summed E-state index contributed by atoms with van der Waals surface area (Å²) in [6.07, 6.45) is 13.3. The van der Waals surface area contributed by atoms with Crippen LogP contribution >= 0.6 is 31.9 Å². The van der Waals surface area contributed by atoms with Crippen molar-refractivity contribution in [2.24, 2.45) is 0 Å². The van der Waals surface area contributed by atoms with Gasteiger partial charge in [-0.3, -0.25) is 4.68 Å². The summed E-state index contributed by atoms with van der Waals surface area (Å²) >= 11 is 6.86. The number of hydrogen-bond acceptors (Lipinski definition) is 1. The quantitative estimate of drug-likeness (QED) is 0.462. The normalized spacial score (nSPS) is 10.9. The second-order valence-corrected chi connectivity index (χ2v) is 5.79. The second kappa shape index (κ2) is 9.23. The van der Waals surface area contributed by atoms with E-state index in [1.807, 2.05) is 17.1 Å². The Kier molecular flexibility index (Phi) is 8.21. The van der Waals surface area contributed by atoms with E-state index in [9.17, 15) is 0 Å². The Morgan fingerprint density at radius 3 is 2.19 bits per heavy atom. The van der Waals surface area contributed by atoms with E-state index in [0.717, 1.165) is 16.3 Å². The van der Waals surface area contributed by atoms with Gasteiger partial charge in [-0.1, -0.05) is 48.0 Å². The van der Waals surface area contributed by atoms with Crippen molar-refractivity contribution in [3.63, 3.8) is 0 Å². The lowest BCUT2D eigenvalue weighted by atomic mass is 10.1. The zero-order valence-electron chi connectivity index (χ0n) is 9.67. The number of halogens is 2. The highest BCUT2D eigenvalue weighted by atomic mass is 79.9. The van der Waals surface area contributed by atoms with E-state index in [-0.39, 0.29) is 0 Å². The third kappa shape index (κ3) is 6.69. The minimum Gasteiger partial charge on any atom is -0.272 e. The number of nitrogens with zero attached hydrogens (tertiary/aromatic N) is 2. The van der Waals surface area contributed by atoms with Crippen molar-refractivity contribution in [1.29, 1.82) is 0 Å². The molecule has 0 unspecified atom stereocenters. The molecule has 0 aromatic carbocycles. The summed E-state index contributed by atoms with van der Waals surface area (Å²) in [5.74, 6) is 0. The minimum atomic E-state index is 1.05. The highest BCUT2D eigenvalue weighted by molar-refractivity contribution is 9.10. The van der Waals surface area contributed by atoms with Gasteiger partial charge in [-0.2, -0.15) is 5.10 Å². The van der Waals surface area contributed by atoms with E-state index < -0.39 is 0 Å². The summed E-state index contributed by atoms with van der Waals surface area (Å²) in [6.45, 7) is 1.05. The average Bonchev–Trinajstić information content (AvgIpc) is 2.68. The summed E-state index contributed by atoms with van der Waals surface area (Å²) in [5.41, 5.74) is 0. The first-order valence-electron chi connectivity index (χ1n) is 6.07. The van der Waals surface area contributed by atoms with Crippen LogP contribution in [0.1, 0.15) is 44.9 Å². The molecule has 92 valence electrons. The predicted molar refractivity (Wildman–Crippen MR) is 76.0 cm³/mol. The number of rotatable bonds is 9. The van der Waals surface area contributed by atoms with Gasteiger partial charge in [0.25, 0.3) is 0 Å². The van der Waals surface area contributed by atoms with Crippen LogP contribution in [-0.4, -0.2) is 15.1 Å². The smallest absolute Gasteiger partial charge is 0.0632 e. The Bertz CT molecular complexity index is 274. The van der Waals surface area contributed by atoms with Crippen molar-refractivity contribution in [2.75, 3.05) is 5.33 Å². The highest BCUT2D eigenvalue weighted by Gasteiger charge is 1.95. The molecule has 0 N–H and O–H groups in total. The van der Waals surface area contributed by atoms with Crippen LogP contribution in [0.5, 0.6) is 0 Å². The van der Waals surface area contributed by atoms with E-state index in [4.69, 9.17) is 0 Å². The Hall–Kier alpha value is 0.170. The molecule has 1 aromatic rings. The van der Waals surface area contributed by atoms with Gasteiger partial charge in [-0.25, -0.2) is 0 Å². The molecule has 0 spiro atoms. The Labute approximate surface area is 115 Å². The van der Waals surface area contributed by atoms with Gasteiger partial charge in [0.2, 0.25) is 0 Å². The van der Waals surface area contributed by atoms with Crippen LogP contribution in [0, 0.1) is 0 Å². The fourth-order valence-corrected chi connectivity index (χ4v) is 2.44. The number of aromatic nitrogens is 2. The van der Waals surface area contributed by atoms with Gasteiger partial charge in [0.15, 0.2) is 0 Å². The van der Waals surface area contributed by atoms with Gasteiger partial charge in [-0.15, -0.1) is 0 Å². The molecule has 0 bridgehead atoms. The standard InChI is InChI=1S/C12H20Br2N2/c13-8-6-4-2-1-3-5-7-9-16-11-12(14)10-15-16/h10-11H,1-9H2. The van der Waals surface area contributed by atoms with Crippen molar-refractivity contribution >= 4 is 31.9 Å². The number of unbranched alkanes of at least 4 members (excludes halogenated alkanes) is 6. The molecule has 0 aliphatic carbocycles. The maximum absolute atomic E-state index is 4.24. The molecule has 0 aliphatic heterocycles. The van der Waals surface area contributed by atoms with Crippen molar-refractivity contribution in [3.05, 3.63) is 16.9 Å². The minimum absolute atomic E-state index is 1.05. The summed E-state index contributed by atoms with van der Waals surface area (Å²) in [4.78, 5) is 0. The Morgan fingerprint density at radius 2 is 1.62 bits per heavy atom. The maximum Gasteiger partial charge on any atom is 0.0632 e. The molecule has 1 rings (SSSR count).